The van der Waals surface area contributed by atoms with Crippen LogP contribution in [0.3, 0.4) is 0 Å². The Morgan fingerprint density at radius 3 is 2.75 bits per heavy atom. The number of nitrogens with zero attached hydrogens (tertiary/aromatic N) is 3. The number of hydrogen-bond acceptors (Lipinski definition) is 4. The molecule has 0 N–H and O–H groups in total. The monoisotopic (exact) mass is 241 g/mol. The first kappa shape index (κ1) is 7.82. The zero-order chi connectivity index (χ0) is 8.39. The second-order valence-electron chi connectivity index (χ2n) is 2.08. The quantitative estimate of drug-likeness (QED) is 0.770. The van der Waals surface area contributed by atoms with Gasteiger partial charge in [-0.2, -0.15) is 0 Å². The van der Waals surface area contributed by atoms with Crippen LogP contribution >= 0.6 is 27.3 Å². The molecule has 2 aromatic heterocycles. The molecule has 0 aliphatic rings. The Balaban J connectivity index is 2.45. The van der Waals surface area contributed by atoms with Crippen molar-refractivity contribution in [1.29, 1.82) is 0 Å². The molecule has 0 aliphatic heterocycles. The van der Waals surface area contributed by atoms with Crippen LogP contribution in [0.15, 0.2) is 27.9 Å². The third-order valence-electron chi connectivity index (χ3n) is 1.30. The molecule has 2 aromatic rings. The summed E-state index contributed by atoms with van der Waals surface area (Å²) in [6.07, 6.45) is 5.00. The predicted molar refractivity (Wildman–Crippen MR) is 50.8 cm³/mol. The van der Waals surface area contributed by atoms with Crippen LogP contribution in [-0.2, 0) is 0 Å². The number of thiazole rings is 1. The standard InChI is InChI=1S/C7H4BrN3S/c8-7-11-6(4-12-7)5-3-9-1-2-10-5/h1-4H. The smallest absolute Gasteiger partial charge is 0.159 e. The van der Waals surface area contributed by atoms with E-state index in [4.69, 9.17) is 0 Å². The van der Waals surface area contributed by atoms with E-state index >= 15 is 0 Å². The summed E-state index contributed by atoms with van der Waals surface area (Å²) >= 11 is 4.83. The van der Waals surface area contributed by atoms with Gasteiger partial charge >= 0.3 is 0 Å². The molecular formula is C7H4BrN3S. The van der Waals surface area contributed by atoms with Crippen LogP contribution in [0.1, 0.15) is 0 Å². The van der Waals surface area contributed by atoms with E-state index in [0.29, 0.717) is 0 Å². The minimum absolute atomic E-state index is 0.805. The van der Waals surface area contributed by atoms with Crippen molar-refractivity contribution in [2.45, 2.75) is 0 Å². The molecule has 60 valence electrons. The van der Waals surface area contributed by atoms with Crippen LogP contribution in [-0.4, -0.2) is 15.0 Å². The Bertz CT molecular complexity index is 373. The summed E-state index contributed by atoms with van der Waals surface area (Å²) in [7, 11) is 0. The SMILES string of the molecule is Brc1nc(-c2cnccn2)cs1. The summed E-state index contributed by atoms with van der Waals surface area (Å²) in [5.41, 5.74) is 1.67. The van der Waals surface area contributed by atoms with Gasteiger partial charge in [-0.3, -0.25) is 9.97 Å². The van der Waals surface area contributed by atoms with Gasteiger partial charge in [-0.1, -0.05) is 0 Å². The van der Waals surface area contributed by atoms with Gasteiger partial charge in [0, 0.05) is 17.8 Å². The molecular weight excluding hydrogens is 238 g/mol. The lowest BCUT2D eigenvalue weighted by Gasteiger charge is -1.90. The fourth-order valence-corrected chi connectivity index (χ4v) is 1.81. The molecule has 5 heteroatoms. The number of halogens is 1. The fourth-order valence-electron chi connectivity index (χ4n) is 0.801. The average molecular weight is 242 g/mol. The minimum atomic E-state index is 0.805. The van der Waals surface area contributed by atoms with Crippen LogP contribution in [0.2, 0.25) is 0 Å². The highest BCUT2D eigenvalue weighted by molar-refractivity contribution is 9.11. The zero-order valence-corrected chi connectivity index (χ0v) is 8.34. The molecule has 0 aliphatic carbocycles. The Morgan fingerprint density at radius 1 is 1.25 bits per heavy atom. The molecule has 0 unspecified atom stereocenters. The van der Waals surface area contributed by atoms with E-state index in [2.05, 4.69) is 30.9 Å². The molecule has 2 rings (SSSR count). The Kier molecular flexibility index (Phi) is 2.14. The molecule has 0 aromatic carbocycles. The van der Waals surface area contributed by atoms with Crippen molar-refractivity contribution < 1.29 is 0 Å². The molecule has 0 bridgehead atoms. The van der Waals surface area contributed by atoms with E-state index in [1.165, 1.54) is 11.3 Å². The first-order chi connectivity index (χ1) is 5.86. The van der Waals surface area contributed by atoms with Crippen molar-refractivity contribution in [3.05, 3.63) is 27.9 Å². The molecule has 2 heterocycles. The number of rotatable bonds is 1. The average Bonchev–Trinajstić information content (AvgIpc) is 2.54. The third kappa shape index (κ3) is 1.51. The van der Waals surface area contributed by atoms with Crippen LogP contribution in [0.5, 0.6) is 0 Å². The lowest BCUT2D eigenvalue weighted by atomic mass is 10.4. The predicted octanol–water partition coefficient (Wildman–Crippen LogP) is 2.36. The molecule has 0 atom stereocenters. The van der Waals surface area contributed by atoms with Crippen molar-refractivity contribution in [1.82, 2.24) is 15.0 Å². The summed E-state index contributed by atoms with van der Waals surface area (Å²) < 4.78 is 0.864. The van der Waals surface area contributed by atoms with E-state index in [-0.39, 0.29) is 0 Å². The zero-order valence-electron chi connectivity index (χ0n) is 5.94. The maximum absolute atomic E-state index is 4.21. The Labute approximate surface area is 81.7 Å². The van der Waals surface area contributed by atoms with Gasteiger partial charge in [-0.15, -0.1) is 11.3 Å². The van der Waals surface area contributed by atoms with Crippen molar-refractivity contribution >= 4 is 27.3 Å². The molecule has 0 amide bonds. The van der Waals surface area contributed by atoms with E-state index in [0.717, 1.165) is 15.3 Å². The van der Waals surface area contributed by atoms with Crippen LogP contribution in [0, 0.1) is 0 Å². The van der Waals surface area contributed by atoms with Gasteiger partial charge in [0.15, 0.2) is 3.92 Å². The Hall–Kier alpha value is -0.810. The maximum Gasteiger partial charge on any atom is 0.159 e. The van der Waals surface area contributed by atoms with Crippen molar-refractivity contribution in [3.63, 3.8) is 0 Å². The molecule has 12 heavy (non-hydrogen) atoms. The van der Waals surface area contributed by atoms with E-state index in [9.17, 15) is 0 Å². The van der Waals surface area contributed by atoms with Gasteiger partial charge in [0.05, 0.1) is 6.20 Å². The van der Waals surface area contributed by atoms with Gasteiger partial charge in [-0.05, 0) is 15.9 Å². The molecule has 0 spiro atoms. The lowest BCUT2D eigenvalue weighted by molar-refractivity contribution is 1.18. The minimum Gasteiger partial charge on any atom is -0.261 e. The van der Waals surface area contributed by atoms with Crippen LogP contribution in [0.4, 0.5) is 0 Å². The van der Waals surface area contributed by atoms with E-state index in [1.54, 1.807) is 18.6 Å². The highest BCUT2D eigenvalue weighted by atomic mass is 79.9. The highest BCUT2D eigenvalue weighted by Gasteiger charge is 2.02. The van der Waals surface area contributed by atoms with Gasteiger partial charge in [-0.25, -0.2) is 4.98 Å². The van der Waals surface area contributed by atoms with Crippen molar-refractivity contribution in [2.75, 3.05) is 0 Å². The molecule has 0 fully saturated rings. The molecule has 0 saturated carbocycles. The third-order valence-corrected chi connectivity index (χ3v) is 2.67. The first-order valence-electron chi connectivity index (χ1n) is 3.23. The summed E-state index contributed by atoms with van der Waals surface area (Å²) in [4.78, 5) is 12.3. The van der Waals surface area contributed by atoms with Gasteiger partial charge in [0.25, 0.3) is 0 Å². The van der Waals surface area contributed by atoms with Crippen LogP contribution < -0.4 is 0 Å². The maximum atomic E-state index is 4.21. The summed E-state index contributed by atoms with van der Waals surface area (Å²) in [6, 6.07) is 0. The van der Waals surface area contributed by atoms with Gasteiger partial charge in [0.2, 0.25) is 0 Å². The number of hydrogen-bond donors (Lipinski definition) is 0. The summed E-state index contributed by atoms with van der Waals surface area (Å²) in [5, 5.41) is 1.94. The topological polar surface area (TPSA) is 38.7 Å². The summed E-state index contributed by atoms with van der Waals surface area (Å²) in [5.74, 6) is 0. The normalized spacial score (nSPS) is 10.1. The lowest BCUT2D eigenvalue weighted by Crippen LogP contribution is -1.82. The van der Waals surface area contributed by atoms with E-state index < -0.39 is 0 Å². The largest absolute Gasteiger partial charge is 0.261 e. The molecule has 0 radical (unpaired) electrons. The van der Waals surface area contributed by atoms with Crippen molar-refractivity contribution in [2.24, 2.45) is 0 Å². The molecule has 3 nitrogen and oxygen atoms in total. The highest BCUT2D eigenvalue weighted by Crippen LogP contribution is 2.22. The van der Waals surface area contributed by atoms with Crippen molar-refractivity contribution in [3.8, 4) is 11.4 Å². The second-order valence-corrected chi connectivity index (χ2v) is 4.21. The second kappa shape index (κ2) is 3.28. The van der Waals surface area contributed by atoms with Gasteiger partial charge in [0.1, 0.15) is 11.4 Å². The molecule has 0 saturated heterocycles. The fraction of sp³-hybridized carbons (Fsp3) is 0. The van der Waals surface area contributed by atoms with Crippen LogP contribution in [0.25, 0.3) is 11.4 Å². The summed E-state index contributed by atoms with van der Waals surface area (Å²) in [6.45, 7) is 0. The van der Waals surface area contributed by atoms with Gasteiger partial charge < -0.3 is 0 Å². The first-order valence-corrected chi connectivity index (χ1v) is 4.91. The number of aromatic nitrogens is 3. The van der Waals surface area contributed by atoms with E-state index in [1.807, 2.05) is 5.38 Å². The Morgan fingerprint density at radius 2 is 2.17 bits per heavy atom.